The number of hydrogen-bond donors (Lipinski definition) is 3. The number of carbonyl (C=O) groups is 1. The second-order valence-electron chi connectivity index (χ2n) is 28.4. The maximum absolute atomic E-state index is 13.1. The van der Waals surface area contributed by atoms with Gasteiger partial charge in [-0.2, -0.15) is 0 Å². The number of rotatable bonds is 74. The minimum atomic E-state index is -4.36. The van der Waals surface area contributed by atoms with Gasteiger partial charge in [-0.25, -0.2) is 4.57 Å². The smallest absolute Gasteiger partial charge is 0.387 e. The number of unbranched alkanes of at least 4 members (excludes halogenated alkanes) is 53. The van der Waals surface area contributed by atoms with Gasteiger partial charge >= 0.3 is 7.82 Å². The summed E-state index contributed by atoms with van der Waals surface area (Å²) in [7, 11) is 1.59. The van der Waals surface area contributed by atoms with Crippen molar-refractivity contribution in [2.45, 2.75) is 411 Å². The van der Waals surface area contributed by atoms with Crippen LogP contribution in [-0.4, -0.2) is 73.4 Å². The van der Waals surface area contributed by atoms with E-state index in [2.05, 4.69) is 67.8 Å². The van der Waals surface area contributed by atoms with Crippen LogP contribution in [0.5, 0.6) is 0 Å². The lowest BCUT2D eigenvalue weighted by molar-refractivity contribution is -0.870. The Morgan fingerprint density at radius 2 is 0.667 bits per heavy atom. The normalized spacial score (nSPS) is 13.8. The second-order valence-corrected chi connectivity index (χ2v) is 29.9. The zero-order chi connectivity index (χ0) is 65.5. The van der Waals surface area contributed by atoms with Gasteiger partial charge in [0.1, 0.15) is 13.2 Å². The topological polar surface area (TPSA) is 105 Å². The fraction of sp³-hybridized carbons (Fsp3) is 0.864. The molecule has 0 saturated heterocycles. The van der Waals surface area contributed by atoms with Crippen molar-refractivity contribution in [3.8, 4) is 0 Å². The number of nitrogens with zero attached hydrogens (tertiary/aromatic N) is 1. The molecule has 90 heavy (non-hydrogen) atoms. The molecular formula is C81H156N2O6P+. The number of carbonyl (C=O) groups excluding carboxylic acids is 1. The van der Waals surface area contributed by atoms with E-state index in [4.69, 9.17) is 9.05 Å². The van der Waals surface area contributed by atoms with Gasteiger partial charge in [-0.05, 0) is 57.8 Å². The van der Waals surface area contributed by atoms with Crippen molar-refractivity contribution in [2.75, 3.05) is 40.9 Å². The maximum Gasteiger partial charge on any atom is 0.472 e. The van der Waals surface area contributed by atoms with Gasteiger partial charge in [-0.3, -0.25) is 13.8 Å². The van der Waals surface area contributed by atoms with Crippen LogP contribution in [0.1, 0.15) is 399 Å². The number of phosphoric acid groups is 1. The van der Waals surface area contributed by atoms with Crippen LogP contribution in [0.15, 0.2) is 60.8 Å². The maximum atomic E-state index is 13.1. The van der Waals surface area contributed by atoms with Crippen molar-refractivity contribution in [2.24, 2.45) is 0 Å². The molecule has 0 aliphatic heterocycles. The number of amides is 1. The Bertz CT molecular complexity index is 1650. The van der Waals surface area contributed by atoms with Crippen LogP contribution < -0.4 is 5.32 Å². The SMILES string of the molecule is CC/C=C\C/C=C\C/C=C\C/C=C\CCCCCCCCCCCCCCCCCCCCCCCCCCCCC(=O)NC(COP(=O)(O)OCC[N+](C)(C)C)C(O)/C=C/CCCCCCCCCCCCCCCCCCCCCCCCCCCCC. The summed E-state index contributed by atoms with van der Waals surface area (Å²) in [6, 6.07) is -0.848. The summed E-state index contributed by atoms with van der Waals surface area (Å²) in [4.78, 5) is 23.5. The van der Waals surface area contributed by atoms with E-state index in [0.717, 1.165) is 57.8 Å². The molecule has 0 radical (unpaired) electrons. The highest BCUT2D eigenvalue weighted by Gasteiger charge is 2.28. The summed E-state index contributed by atoms with van der Waals surface area (Å²) in [5.74, 6) is -0.168. The molecule has 3 N–H and O–H groups in total. The molecule has 0 spiro atoms. The summed E-state index contributed by atoms with van der Waals surface area (Å²) in [6.07, 6.45) is 99.9. The molecule has 0 fully saturated rings. The van der Waals surface area contributed by atoms with Crippen molar-refractivity contribution < 1.29 is 32.9 Å². The van der Waals surface area contributed by atoms with Crippen molar-refractivity contribution >= 4 is 13.7 Å². The van der Waals surface area contributed by atoms with Crippen LogP contribution >= 0.6 is 7.82 Å². The van der Waals surface area contributed by atoms with Gasteiger partial charge in [-0.1, -0.05) is 396 Å². The summed E-state index contributed by atoms with van der Waals surface area (Å²) in [5, 5.41) is 14.1. The Morgan fingerprint density at radius 1 is 0.389 bits per heavy atom. The third-order valence-electron chi connectivity index (χ3n) is 18.2. The number of likely N-dealkylation sites (N-methyl/N-ethyl adjacent to an activating group) is 1. The molecule has 0 bridgehead atoms. The van der Waals surface area contributed by atoms with Crippen LogP contribution in [0, 0.1) is 0 Å². The molecule has 0 heterocycles. The third-order valence-corrected chi connectivity index (χ3v) is 19.2. The quantitative estimate of drug-likeness (QED) is 0.0243. The number of nitrogens with one attached hydrogen (secondary N) is 1. The first-order valence-corrected chi connectivity index (χ1v) is 41.2. The number of allylic oxidation sites excluding steroid dienone is 9. The highest BCUT2D eigenvalue weighted by molar-refractivity contribution is 7.47. The van der Waals surface area contributed by atoms with Gasteiger partial charge in [0, 0.05) is 6.42 Å². The molecule has 0 aliphatic carbocycles. The Morgan fingerprint density at radius 3 is 0.978 bits per heavy atom. The fourth-order valence-corrected chi connectivity index (χ4v) is 12.9. The summed E-state index contributed by atoms with van der Waals surface area (Å²) in [5.41, 5.74) is 0. The Hall–Kier alpha value is -1.80. The van der Waals surface area contributed by atoms with E-state index in [0.29, 0.717) is 17.4 Å². The van der Waals surface area contributed by atoms with E-state index in [1.807, 2.05) is 27.2 Å². The van der Waals surface area contributed by atoms with Crippen molar-refractivity contribution in [3.05, 3.63) is 60.8 Å². The summed E-state index contributed by atoms with van der Waals surface area (Å²) < 4.78 is 23.9. The van der Waals surface area contributed by atoms with Crippen LogP contribution in [0.2, 0.25) is 0 Å². The molecular weight excluding hydrogens is 1130 g/mol. The van der Waals surface area contributed by atoms with Crippen molar-refractivity contribution in [1.29, 1.82) is 0 Å². The molecule has 1 amide bonds. The molecule has 3 unspecified atom stereocenters. The van der Waals surface area contributed by atoms with E-state index in [1.165, 1.54) is 321 Å². The van der Waals surface area contributed by atoms with E-state index < -0.39 is 20.0 Å². The van der Waals surface area contributed by atoms with E-state index in [9.17, 15) is 19.4 Å². The van der Waals surface area contributed by atoms with Gasteiger partial charge in [0.25, 0.3) is 0 Å². The molecule has 0 aromatic carbocycles. The first-order chi connectivity index (χ1) is 44.0. The lowest BCUT2D eigenvalue weighted by Crippen LogP contribution is -2.45. The van der Waals surface area contributed by atoms with Crippen LogP contribution in [0.4, 0.5) is 0 Å². The number of quaternary nitrogens is 1. The van der Waals surface area contributed by atoms with Crippen LogP contribution in [0.25, 0.3) is 0 Å². The molecule has 0 rings (SSSR count). The highest BCUT2D eigenvalue weighted by atomic mass is 31.2. The van der Waals surface area contributed by atoms with Gasteiger partial charge in [0.15, 0.2) is 0 Å². The van der Waals surface area contributed by atoms with Gasteiger partial charge in [0.2, 0.25) is 5.91 Å². The van der Waals surface area contributed by atoms with Gasteiger partial charge < -0.3 is 19.8 Å². The predicted octanol–water partition coefficient (Wildman–Crippen LogP) is 25.9. The largest absolute Gasteiger partial charge is 0.472 e. The zero-order valence-electron chi connectivity index (χ0n) is 60.9. The lowest BCUT2D eigenvalue weighted by atomic mass is 10.0. The highest BCUT2D eigenvalue weighted by Crippen LogP contribution is 2.43. The van der Waals surface area contributed by atoms with Crippen LogP contribution in [-0.2, 0) is 18.4 Å². The number of aliphatic hydroxyl groups is 1. The van der Waals surface area contributed by atoms with E-state index in [-0.39, 0.29) is 19.1 Å². The molecule has 9 heteroatoms. The second kappa shape index (κ2) is 71.5. The standard InChI is InChI=1S/C81H155N2O6P/c1-6-8-10-12-14-16-18-20-22-24-26-28-30-32-34-36-37-38-39-40-41-42-43-44-45-47-49-51-53-55-57-59-61-63-65-67-69-71-73-75-81(85)82-79(78-89-90(86,87)88-77-76-83(3,4)5)80(84)74-72-70-68-66-64-62-60-58-56-54-52-50-48-46-35-33-31-29-27-25-23-21-19-17-15-13-11-9-7-2/h8,10,14,16,20,22,26,28,72,74,79-80,84H,6-7,9,11-13,15,17-19,21,23-25,27,29-71,73,75-78H2,1-5H3,(H-,82,85,86,87)/p+1/b10-8-,16-14-,22-20-,28-26-,74-72+. The molecule has 0 saturated carbocycles. The first-order valence-electron chi connectivity index (χ1n) is 39.7. The number of hydrogen-bond acceptors (Lipinski definition) is 5. The molecule has 0 aliphatic rings. The molecule has 0 aromatic heterocycles. The fourth-order valence-electron chi connectivity index (χ4n) is 12.2. The average molecular weight is 1290 g/mol. The molecule has 3 atom stereocenters. The third kappa shape index (κ3) is 73.6. The first kappa shape index (κ1) is 88.2. The van der Waals surface area contributed by atoms with Gasteiger partial charge in [-0.15, -0.1) is 0 Å². The monoisotopic (exact) mass is 1280 g/mol. The molecule has 8 nitrogen and oxygen atoms in total. The summed E-state index contributed by atoms with van der Waals surface area (Å²) >= 11 is 0. The number of phosphoric ester groups is 1. The van der Waals surface area contributed by atoms with Gasteiger partial charge in [0.05, 0.1) is 39.9 Å². The summed E-state index contributed by atoms with van der Waals surface area (Å²) in [6.45, 7) is 4.77. The van der Waals surface area contributed by atoms with E-state index in [1.54, 1.807) is 6.08 Å². The minimum Gasteiger partial charge on any atom is -0.387 e. The number of aliphatic hydroxyl groups excluding tert-OH is 1. The Labute approximate surface area is 562 Å². The molecule has 0 aromatic rings. The predicted molar refractivity (Wildman–Crippen MR) is 397 cm³/mol. The minimum absolute atomic E-state index is 0.0634. The lowest BCUT2D eigenvalue weighted by Gasteiger charge is -2.25. The Kier molecular flexibility index (Phi) is 70.1. The Balaban J connectivity index is 3.93. The van der Waals surface area contributed by atoms with Crippen molar-refractivity contribution in [1.82, 2.24) is 5.32 Å². The zero-order valence-corrected chi connectivity index (χ0v) is 61.8. The average Bonchev–Trinajstić information content (AvgIpc) is 3.72. The van der Waals surface area contributed by atoms with E-state index >= 15 is 0 Å². The molecule has 530 valence electrons. The van der Waals surface area contributed by atoms with Crippen LogP contribution in [0.3, 0.4) is 0 Å². The van der Waals surface area contributed by atoms with Crippen molar-refractivity contribution in [3.63, 3.8) is 0 Å².